The van der Waals surface area contributed by atoms with E-state index < -0.39 is 11.9 Å². The number of amides is 1. The molecule has 10 heteroatoms. The van der Waals surface area contributed by atoms with Crippen molar-refractivity contribution in [2.45, 2.75) is 6.92 Å². The number of ether oxygens (including phenoxy) is 4. The number of anilines is 1. The summed E-state index contributed by atoms with van der Waals surface area (Å²) in [6.45, 7) is 1.57. The van der Waals surface area contributed by atoms with Crippen LogP contribution in [0.15, 0.2) is 41.8 Å². The molecule has 3 rings (SSSR count). The van der Waals surface area contributed by atoms with Gasteiger partial charge in [0.1, 0.15) is 16.3 Å². The second-order valence-corrected chi connectivity index (χ2v) is 8.28. The van der Waals surface area contributed by atoms with E-state index in [1.807, 2.05) is 0 Å². The van der Waals surface area contributed by atoms with Gasteiger partial charge in [0, 0.05) is 22.0 Å². The molecule has 1 amide bonds. The number of hydrogen-bond donors (Lipinski definition) is 1. The predicted octanol–water partition coefficient (Wildman–Crippen LogP) is 5.93. The van der Waals surface area contributed by atoms with Crippen molar-refractivity contribution >= 4 is 51.4 Å². The average Bonchev–Trinajstić information content (AvgIpc) is 3.22. The van der Waals surface area contributed by atoms with E-state index in [4.69, 9.17) is 42.1 Å². The Morgan fingerprint density at radius 2 is 1.76 bits per heavy atom. The molecule has 0 spiro atoms. The number of carbonyl (C=O) groups is 2. The summed E-state index contributed by atoms with van der Waals surface area (Å²) in [5, 5.41) is 5.57. The fraction of sp³-hybridized carbons (Fsp3) is 0.217. The predicted molar refractivity (Wildman–Crippen MR) is 129 cm³/mol. The summed E-state index contributed by atoms with van der Waals surface area (Å²) in [6.07, 6.45) is 0. The number of rotatable bonds is 9. The van der Waals surface area contributed by atoms with Crippen LogP contribution in [0.25, 0.3) is 11.1 Å². The third-order valence-electron chi connectivity index (χ3n) is 4.47. The van der Waals surface area contributed by atoms with Crippen molar-refractivity contribution in [1.29, 1.82) is 0 Å². The van der Waals surface area contributed by atoms with Crippen molar-refractivity contribution in [3.05, 3.63) is 57.4 Å². The van der Waals surface area contributed by atoms with Crippen LogP contribution in [0, 0.1) is 0 Å². The van der Waals surface area contributed by atoms with Crippen LogP contribution in [0.2, 0.25) is 10.0 Å². The number of hydrogen-bond acceptors (Lipinski definition) is 7. The summed E-state index contributed by atoms with van der Waals surface area (Å²) < 4.78 is 21.3. The molecule has 0 saturated heterocycles. The molecule has 0 fully saturated rings. The van der Waals surface area contributed by atoms with Gasteiger partial charge in [-0.1, -0.05) is 29.3 Å². The first-order chi connectivity index (χ1) is 15.9. The minimum atomic E-state index is -0.558. The average molecular weight is 510 g/mol. The smallest absolute Gasteiger partial charge is 0.341 e. The number of carbonyl (C=O) groups excluding carboxylic acids is 2. The quantitative estimate of drug-likeness (QED) is 0.359. The maximum atomic E-state index is 12.8. The van der Waals surface area contributed by atoms with Gasteiger partial charge in [0.15, 0.2) is 18.1 Å². The van der Waals surface area contributed by atoms with Gasteiger partial charge in [-0.05, 0) is 36.8 Å². The highest BCUT2D eigenvalue weighted by Crippen LogP contribution is 2.39. The Hall–Kier alpha value is -2.94. The number of esters is 1. The molecule has 1 heterocycles. The van der Waals surface area contributed by atoms with Gasteiger partial charge in [-0.15, -0.1) is 11.3 Å². The summed E-state index contributed by atoms with van der Waals surface area (Å²) in [6, 6.07) is 9.99. The molecule has 7 nitrogen and oxygen atoms in total. The summed E-state index contributed by atoms with van der Waals surface area (Å²) in [5.74, 6) is 0.310. The lowest BCUT2D eigenvalue weighted by atomic mass is 10.0. The molecule has 0 bridgehead atoms. The normalized spacial score (nSPS) is 10.5. The van der Waals surface area contributed by atoms with Gasteiger partial charge in [-0.2, -0.15) is 0 Å². The molecule has 33 heavy (non-hydrogen) atoms. The molecule has 3 aromatic rings. The van der Waals surface area contributed by atoms with Crippen LogP contribution in [-0.4, -0.2) is 39.3 Å². The van der Waals surface area contributed by atoms with Gasteiger partial charge < -0.3 is 24.3 Å². The molecule has 0 unspecified atom stereocenters. The minimum absolute atomic E-state index is 0.184. The van der Waals surface area contributed by atoms with Gasteiger partial charge in [-0.3, -0.25) is 4.79 Å². The second-order valence-electron chi connectivity index (χ2n) is 6.56. The molecule has 0 atom stereocenters. The van der Waals surface area contributed by atoms with Gasteiger partial charge in [0.2, 0.25) is 0 Å². The lowest BCUT2D eigenvalue weighted by Crippen LogP contribution is -2.21. The van der Waals surface area contributed by atoms with Crippen molar-refractivity contribution in [3.8, 4) is 28.4 Å². The summed E-state index contributed by atoms with van der Waals surface area (Å²) in [4.78, 5) is 25.3. The van der Waals surface area contributed by atoms with E-state index in [9.17, 15) is 9.59 Å². The SMILES string of the molecule is CCOC(=O)c1c(-c2ccc(OC)c(OC)c2)csc1NC(=O)COc1cc(Cl)ccc1Cl. The number of halogens is 2. The summed E-state index contributed by atoms with van der Waals surface area (Å²) >= 11 is 13.2. The number of thiophene rings is 1. The van der Waals surface area contributed by atoms with Crippen molar-refractivity contribution in [3.63, 3.8) is 0 Å². The number of methoxy groups -OCH3 is 2. The van der Waals surface area contributed by atoms with Crippen LogP contribution in [0.5, 0.6) is 17.2 Å². The maximum Gasteiger partial charge on any atom is 0.341 e. The fourth-order valence-electron chi connectivity index (χ4n) is 2.97. The van der Waals surface area contributed by atoms with Crippen LogP contribution < -0.4 is 19.5 Å². The lowest BCUT2D eigenvalue weighted by molar-refractivity contribution is -0.118. The Labute approximate surface area is 205 Å². The first kappa shape index (κ1) is 24.7. The molecule has 2 aromatic carbocycles. The highest BCUT2D eigenvalue weighted by Gasteiger charge is 2.24. The standard InChI is InChI=1S/C23H21Cl2NO6S/c1-4-31-23(28)21-15(13-5-8-17(29-2)19(9-13)30-3)12-33-22(21)26-20(27)11-32-18-10-14(24)6-7-16(18)25/h5-10,12H,4,11H2,1-3H3,(H,26,27). The molecule has 0 radical (unpaired) electrons. The zero-order chi connectivity index (χ0) is 24.0. The Morgan fingerprint density at radius 3 is 2.45 bits per heavy atom. The first-order valence-electron chi connectivity index (χ1n) is 9.76. The van der Waals surface area contributed by atoms with E-state index in [2.05, 4.69) is 5.32 Å². The van der Waals surface area contributed by atoms with E-state index in [1.165, 1.54) is 24.5 Å². The molecular formula is C23H21Cl2NO6S. The summed E-state index contributed by atoms with van der Waals surface area (Å²) in [7, 11) is 3.07. The largest absolute Gasteiger partial charge is 0.493 e. The molecule has 0 aliphatic heterocycles. The summed E-state index contributed by atoms with van der Waals surface area (Å²) in [5.41, 5.74) is 1.53. The second kappa shape index (κ2) is 11.3. The van der Waals surface area contributed by atoms with Gasteiger partial charge >= 0.3 is 5.97 Å². The van der Waals surface area contributed by atoms with Gasteiger partial charge in [-0.25, -0.2) is 4.79 Å². The van der Waals surface area contributed by atoms with Crippen LogP contribution in [0.1, 0.15) is 17.3 Å². The molecule has 0 saturated carbocycles. The number of benzene rings is 2. The third-order valence-corrected chi connectivity index (χ3v) is 5.91. The lowest BCUT2D eigenvalue weighted by Gasteiger charge is -2.12. The molecule has 0 aliphatic rings. The van der Waals surface area contributed by atoms with Crippen molar-refractivity contribution < 1.29 is 28.5 Å². The van der Waals surface area contributed by atoms with E-state index in [0.717, 1.165) is 0 Å². The first-order valence-corrected chi connectivity index (χ1v) is 11.4. The highest BCUT2D eigenvalue weighted by atomic mass is 35.5. The molecule has 174 valence electrons. The van der Waals surface area contributed by atoms with E-state index >= 15 is 0 Å². The van der Waals surface area contributed by atoms with Crippen LogP contribution >= 0.6 is 34.5 Å². The fourth-order valence-corrected chi connectivity index (χ4v) is 4.27. The van der Waals surface area contributed by atoms with E-state index in [1.54, 1.807) is 49.7 Å². The van der Waals surface area contributed by atoms with E-state index in [0.29, 0.717) is 37.7 Å². The Kier molecular flexibility index (Phi) is 8.43. The Morgan fingerprint density at radius 1 is 1.00 bits per heavy atom. The minimum Gasteiger partial charge on any atom is -0.493 e. The highest BCUT2D eigenvalue weighted by molar-refractivity contribution is 7.15. The van der Waals surface area contributed by atoms with Crippen LogP contribution in [0.4, 0.5) is 5.00 Å². The zero-order valence-corrected chi connectivity index (χ0v) is 20.4. The topological polar surface area (TPSA) is 83.1 Å². The van der Waals surface area contributed by atoms with Gasteiger partial charge in [0.05, 0.1) is 25.8 Å². The van der Waals surface area contributed by atoms with E-state index in [-0.39, 0.29) is 24.5 Å². The third kappa shape index (κ3) is 5.90. The maximum absolute atomic E-state index is 12.8. The molecule has 1 N–H and O–H groups in total. The monoisotopic (exact) mass is 509 g/mol. The number of nitrogens with one attached hydrogen (secondary N) is 1. The van der Waals surface area contributed by atoms with Crippen molar-refractivity contribution in [2.75, 3.05) is 32.8 Å². The Balaban J connectivity index is 1.86. The van der Waals surface area contributed by atoms with Gasteiger partial charge in [0.25, 0.3) is 5.91 Å². The van der Waals surface area contributed by atoms with Crippen molar-refractivity contribution in [1.82, 2.24) is 0 Å². The van der Waals surface area contributed by atoms with Crippen LogP contribution in [-0.2, 0) is 9.53 Å². The molecular weight excluding hydrogens is 489 g/mol. The molecule has 1 aromatic heterocycles. The van der Waals surface area contributed by atoms with Crippen LogP contribution in [0.3, 0.4) is 0 Å². The Bertz CT molecular complexity index is 1160. The van der Waals surface area contributed by atoms with Crippen molar-refractivity contribution in [2.24, 2.45) is 0 Å². The zero-order valence-electron chi connectivity index (χ0n) is 18.1. The molecule has 0 aliphatic carbocycles.